The van der Waals surface area contributed by atoms with E-state index in [9.17, 15) is 4.79 Å². The molecule has 1 heterocycles. The van der Waals surface area contributed by atoms with E-state index in [1.54, 1.807) is 19.4 Å². The summed E-state index contributed by atoms with van der Waals surface area (Å²) in [4.78, 5) is 20.9. The Bertz CT molecular complexity index is 974. The number of anilines is 2. The number of nitrogens with zero attached hydrogens (tertiary/aromatic N) is 2. The van der Waals surface area contributed by atoms with Gasteiger partial charge in [0.25, 0.3) is 5.91 Å². The first-order valence-corrected chi connectivity index (χ1v) is 9.27. The van der Waals surface area contributed by atoms with Crippen LogP contribution in [0.4, 0.5) is 11.6 Å². The molecule has 0 saturated carbocycles. The predicted octanol–water partition coefficient (Wildman–Crippen LogP) is 3.85. The van der Waals surface area contributed by atoms with Gasteiger partial charge in [-0.3, -0.25) is 4.79 Å². The van der Waals surface area contributed by atoms with Crippen LogP contribution in [0.25, 0.3) is 0 Å². The molecule has 2 aromatic carbocycles. The number of ether oxygens (including phenoxy) is 2. The number of aromatic nitrogens is 2. The number of carbonyl (C=O) groups excluding carboxylic acids is 1. The van der Waals surface area contributed by atoms with Gasteiger partial charge >= 0.3 is 0 Å². The number of methoxy groups -OCH3 is 1. The quantitative estimate of drug-likeness (QED) is 0.567. The van der Waals surface area contributed by atoms with Crippen molar-refractivity contribution in [2.45, 2.75) is 13.8 Å². The Balaban J connectivity index is 1.52. The molecule has 7 heteroatoms. The predicted molar refractivity (Wildman–Crippen MR) is 113 cm³/mol. The molecule has 2 N–H and O–H groups in total. The van der Waals surface area contributed by atoms with Gasteiger partial charge in [0.2, 0.25) is 5.95 Å². The van der Waals surface area contributed by atoms with E-state index in [0.29, 0.717) is 24.8 Å². The number of hydrogen-bond donors (Lipinski definition) is 2. The molecular formula is C22H24N4O3. The van der Waals surface area contributed by atoms with Gasteiger partial charge in [-0.25, -0.2) is 9.97 Å². The van der Waals surface area contributed by atoms with Crippen LogP contribution in [0.3, 0.4) is 0 Å². The minimum absolute atomic E-state index is 0.281. The average Bonchev–Trinajstić information content (AvgIpc) is 2.74. The molecule has 1 aromatic heterocycles. The van der Waals surface area contributed by atoms with Gasteiger partial charge in [-0.2, -0.15) is 0 Å². The van der Waals surface area contributed by atoms with Gasteiger partial charge in [-0.05, 0) is 55.8 Å². The Kier molecular flexibility index (Phi) is 6.63. The molecule has 0 atom stereocenters. The minimum Gasteiger partial charge on any atom is -0.497 e. The fourth-order valence-electron chi connectivity index (χ4n) is 2.71. The highest BCUT2D eigenvalue weighted by atomic mass is 16.5. The first-order chi connectivity index (χ1) is 14.0. The van der Waals surface area contributed by atoms with E-state index in [1.807, 2.05) is 56.3 Å². The number of rotatable bonds is 8. The summed E-state index contributed by atoms with van der Waals surface area (Å²) in [6.45, 7) is 4.89. The van der Waals surface area contributed by atoms with Crippen molar-refractivity contribution in [3.05, 3.63) is 71.5 Å². The van der Waals surface area contributed by atoms with E-state index < -0.39 is 0 Å². The molecule has 0 unspecified atom stereocenters. The number of benzene rings is 2. The maximum Gasteiger partial charge on any atom is 0.274 e. The molecule has 0 aliphatic rings. The molecule has 0 radical (unpaired) electrons. The van der Waals surface area contributed by atoms with Crippen molar-refractivity contribution < 1.29 is 14.3 Å². The maximum atomic E-state index is 12.5. The molecular weight excluding hydrogens is 368 g/mol. The van der Waals surface area contributed by atoms with Crippen molar-refractivity contribution in [1.29, 1.82) is 0 Å². The van der Waals surface area contributed by atoms with Gasteiger partial charge in [0.05, 0.1) is 13.7 Å². The van der Waals surface area contributed by atoms with Gasteiger partial charge < -0.3 is 20.1 Å². The average molecular weight is 392 g/mol. The number of amides is 1. The van der Waals surface area contributed by atoms with Gasteiger partial charge in [0.1, 0.15) is 23.8 Å². The number of hydrogen-bond acceptors (Lipinski definition) is 6. The van der Waals surface area contributed by atoms with Crippen LogP contribution in [0.5, 0.6) is 11.5 Å². The summed E-state index contributed by atoms with van der Waals surface area (Å²) in [5.74, 6) is 1.61. The fourth-order valence-corrected chi connectivity index (χ4v) is 2.71. The maximum absolute atomic E-state index is 12.5. The van der Waals surface area contributed by atoms with Gasteiger partial charge in [0.15, 0.2) is 0 Å². The van der Waals surface area contributed by atoms with Crippen molar-refractivity contribution >= 4 is 17.5 Å². The Hall–Kier alpha value is -3.61. The summed E-state index contributed by atoms with van der Waals surface area (Å²) in [7, 11) is 1.62. The van der Waals surface area contributed by atoms with E-state index in [0.717, 1.165) is 28.3 Å². The SMILES string of the molecule is COc1ccc(OCCNc2nccc(C(=O)Nc3ccc(C)cc3C)n2)cc1. The van der Waals surface area contributed by atoms with Crippen molar-refractivity contribution in [1.82, 2.24) is 9.97 Å². The van der Waals surface area contributed by atoms with Crippen LogP contribution in [0.15, 0.2) is 54.7 Å². The zero-order valence-corrected chi connectivity index (χ0v) is 16.7. The number of aryl methyl sites for hydroxylation is 2. The lowest BCUT2D eigenvalue weighted by atomic mass is 10.1. The molecule has 0 aliphatic carbocycles. The van der Waals surface area contributed by atoms with Gasteiger partial charge in [0, 0.05) is 11.9 Å². The van der Waals surface area contributed by atoms with Crippen LogP contribution in [-0.4, -0.2) is 36.1 Å². The zero-order chi connectivity index (χ0) is 20.6. The van der Waals surface area contributed by atoms with E-state index >= 15 is 0 Å². The topological polar surface area (TPSA) is 85.4 Å². The third-order valence-electron chi connectivity index (χ3n) is 4.23. The second kappa shape index (κ2) is 9.54. The highest BCUT2D eigenvalue weighted by molar-refractivity contribution is 6.03. The highest BCUT2D eigenvalue weighted by Gasteiger charge is 2.10. The molecule has 0 fully saturated rings. The lowest BCUT2D eigenvalue weighted by molar-refractivity contribution is 0.102. The molecule has 7 nitrogen and oxygen atoms in total. The largest absolute Gasteiger partial charge is 0.497 e. The lowest BCUT2D eigenvalue weighted by Crippen LogP contribution is -2.17. The second-order valence-electron chi connectivity index (χ2n) is 6.49. The van der Waals surface area contributed by atoms with Crippen LogP contribution >= 0.6 is 0 Å². The van der Waals surface area contributed by atoms with Crippen LogP contribution in [-0.2, 0) is 0 Å². The van der Waals surface area contributed by atoms with E-state index in [1.165, 1.54) is 0 Å². The Morgan fingerprint density at radius 1 is 1.03 bits per heavy atom. The number of carbonyl (C=O) groups is 1. The lowest BCUT2D eigenvalue weighted by Gasteiger charge is -2.10. The van der Waals surface area contributed by atoms with E-state index in [-0.39, 0.29) is 5.91 Å². The van der Waals surface area contributed by atoms with E-state index in [4.69, 9.17) is 9.47 Å². The van der Waals surface area contributed by atoms with Crippen LogP contribution in [0.2, 0.25) is 0 Å². The normalized spacial score (nSPS) is 10.3. The van der Waals surface area contributed by atoms with E-state index in [2.05, 4.69) is 20.6 Å². The summed E-state index contributed by atoms with van der Waals surface area (Å²) in [5.41, 5.74) is 3.20. The molecule has 0 bridgehead atoms. The molecule has 150 valence electrons. The van der Waals surface area contributed by atoms with Crippen LogP contribution in [0.1, 0.15) is 21.6 Å². The summed E-state index contributed by atoms with van der Waals surface area (Å²) in [6, 6.07) is 14.8. The second-order valence-corrected chi connectivity index (χ2v) is 6.49. The monoisotopic (exact) mass is 392 g/mol. The molecule has 0 aliphatic heterocycles. The standard InChI is InChI=1S/C22H24N4O3/c1-15-4-9-19(16(2)14-15)25-21(27)20-10-11-23-22(26-20)24-12-13-29-18-7-5-17(28-3)6-8-18/h4-11,14H,12-13H2,1-3H3,(H,25,27)(H,23,24,26). The van der Waals surface area contributed by atoms with Crippen molar-refractivity contribution in [2.24, 2.45) is 0 Å². The Morgan fingerprint density at radius 3 is 2.52 bits per heavy atom. The summed E-state index contributed by atoms with van der Waals surface area (Å²) in [6.07, 6.45) is 1.55. The van der Waals surface area contributed by atoms with Crippen molar-refractivity contribution in [3.63, 3.8) is 0 Å². The minimum atomic E-state index is -0.281. The smallest absolute Gasteiger partial charge is 0.274 e. The fraction of sp³-hybridized carbons (Fsp3) is 0.227. The zero-order valence-electron chi connectivity index (χ0n) is 16.7. The molecule has 0 saturated heterocycles. The first-order valence-electron chi connectivity index (χ1n) is 9.27. The number of nitrogens with one attached hydrogen (secondary N) is 2. The molecule has 1 amide bonds. The highest BCUT2D eigenvalue weighted by Crippen LogP contribution is 2.18. The third kappa shape index (κ3) is 5.68. The molecule has 3 rings (SSSR count). The molecule has 29 heavy (non-hydrogen) atoms. The van der Waals surface area contributed by atoms with Crippen LogP contribution in [0, 0.1) is 13.8 Å². The summed E-state index contributed by atoms with van der Waals surface area (Å²) >= 11 is 0. The van der Waals surface area contributed by atoms with Crippen molar-refractivity contribution in [2.75, 3.05) is 30.9 Å². The summed E-state index contributed by atoms with van der Waals surface area (Å²) in [5, 5.41) is 5.95. The summed E-state index contributed by atoms with van der Waals surface area (Å²) < 4.78 is 10.8. The Morgan fingerprint density at radius 2 is 1.79 bits per heavy atom. The van der Waals surface area contributed by atoms with Gasteiger partial charge in [-0.15, -0.1) is 0 Å². The van der Waals surface area contributed by atoms with Crippen molar-refractivity contribution in [3.8, 4) is 11.5 Å². The molecule has 0 spiro atoms. The molecule has 3 aromatic rings. The van der Waals surface area contributed by atoms with Gasteiger partial charge in [-0.1, -0.05) is 17.7 Å². The third-order valence-corrected chi connectivity index (χ3v) is 4.23. The van der Waals surface area contributed by atoms with Crippen LogP contribution < -0.4 is 20.1 Å². The Labute approximate surface area is 170 Å². The first kappa shape index (κ1) is 20.1.